The summed E-state index contributed by atoms with van der Waals surface area (Å²) in [4.78, 5) is 23.1. The number of hydrogen-bond donors (Lipinski definition) is 2. The normalized spacial score (nSPS) is 11.3. The molecule has 150 valence electrons. The predicted molar refractivity (Wildman–Crippen MR) is 89.6 cm³/mol. The second-order valence-corrected chi connectivity index (χ2v) is 5.53. The highest BCUT2D eigenvalue weighted by molar-refractivity contribution is 5.92. The fourth-order valence-corrected chi connectivity index (χ4v) is 1.83. The molecule has 1 aromatic rings. The van der Waals surface area contributed by atoms with Crippen LogP contribution in [-0.4, -0.2) is 38.1 Å². The average Bonchev–Trinajstić information content (AvgIpc) is 2.56. The van der Waals surface area contributed by atoms with Crippen molar-refractivity contribution in [2.45, 2.75) is 27.1 Å². The van der Waals surface area contributed by atoms with Gasteiger partial charge in [-0.3, -0.25) is 9.59 Å². The summed E-state index contributed by atoms with van der Waals surface area (Å²) in [5.41, 5.74) is 0.0696. The third kappa shape index (κ3) is 8.93. The van der Waals surface area contributed by atoms with E-state index in [1.54, 1.807) is 13.8 Å². The average molecular weight is 392 g/mol. The van der Waals surface area contributed by atoms with Gasteiger partial charge in [-0.1, -0.05) is 13.8 Å². The SMILES string of the molecule is CC(C)C(=O)NCCNC(=O)/C=C/c1ccc(OC(F)F)cc1OC(F)F. The molecule has 0 spiro atoms. The lowest BCUT2D eigenvalue weighted by Gasteiger charge is -2.11. The smallest absolute Gasteiger partial charge is 0.387 e. The van der Waals surface area contributed by atoms with Crippen molar-refractivity contribution in [2.75, 3.05) is 13.1 Å². The Hall–Kier alpha value is -2.78. The molecule has 0 unspecified atom stereocenters. The van der Waals surface area contributed by atoms with Gasteiger partial charge in [0.25, 0.3) is 0 Å². The van der Waals surface area contributed by atoms with Gasteiger partial charge in [0.15, 0.2) is 0 Å². The van der Waals surface area contributed by atoms with Crippen molar-refractivity contribution in [3.05, 3.63) is 29.8 Å². The van der Waals surface area contributed by atoms with Crippen molar-refractivity contribution in [3.63, 3.8) is 0 Å². The van der Waals surface area contributed by atoms with Gasteiger partial charge in [0.2, 0.25) is 11.8 Å². The second-order valence-electron chi connectivity index (χ2n) is 5.53. The van der Waals surface area contributed by atoms with Gasteiger partial charge in [-0.2, -0.15) is 17.6 Å². The number of carbonyl (C=O) groups excluding carboxylic acids is 2. The summed E-state index contributed by atoms with van der Waals surface area (Å²) in [6.45, 7) is -2.44. The van der Waals surface area contributed by atoms with Crippen LogP contribution in [0.5, 0.6) is 11.5 Å². The maximum Gasteiger partial charge on any atom is 0.387 e. The van der Waals surface area contributed by atoms with E-state index in [9.17, 15) is 27.2 Å². The predicted octanol–water partition coefficient (Wildman–Crippen LogP) is 2.79. The minimum atomic E-state index is -3.18. The van der Waals surface area contributed by atoms with Crippen molar-refractivity contribution in [1.29, 1.82) is 0 Å². The third-order valence-corrected chi connectivity index (χ3v) is 3.09. The van der Waals surface area contributed by atoms with Gasteiger partial charge in [0.05, 0.1) is 0 Å². The van der Waals surface area contributed by atoms with Gasteiger partial charge in [0.1, 0.15) is 11.5 Å². The van der Waals surface area contributed by atoms with Gasteiger partial charge >= 0.3 is 13.2 Å². The maximum atomic E-state index is 12.5. The number of rotatable bonds is 10. The van der Waals surface area contributed by atoms with Crippen LogP contribution in [0.2, 0.25) is 0 Å². The Labute approximate surface area is 153 Å². The molecule has 0 atom stereocenters. The molecule has 0 fully saturated rings. The minimum absolute atomic E-state index is 0.0696. The topological polar surface area (TPSA) is 76.7 Å². The maximum absolute atomic E-state index is 12.5. The molecular weight excluding hydrogens is 372 g/mol. The fraction of sp³-hybridized carbons (Fsp3) is 0.412. The largest absolute Gasteiger partial charge is 0.435 e. The Balaban J connectivity index is 2.66. The highest BCUT2D eigenvalue weighted by atomic mass is 19.3. The molecular formula is C17H20F4N2O4. The lowest BCUT2D eigenvalue weighted by atomic mass is 10.1. The number of amides is 2. The summed E-state index contributed by atoms with van der Waals surface area (Å²) in [6, 6.07) is 3.20. The summed E-state index contributed by atoms with van der Waals surface area (Å²) < 4.78 is 57.7. The first-order valence-corrected chi connectivity index (χ1v) is 7.96. The Morgan fingerprint density at radius 1 is 1.04 bits per heavy atom. The molecule has 0 bridgehead atoms. The molecule has 0 saturated heterocycles. The van der Waals surface area contributed by atoms with E-state index in [1.807, 2.05) is 0 Å². The molecule has 2 N–H and O–H groups in total. The first-order valence-electron chi connectivity index (χ1n) is 7.96. The van der Waals surface area contributed by atoms with Crippen molar-refractivity contribution in [3.8, 4) is 11.5 Å². The van der Waals surface area contributed by atoms with Crippen LogP contribution >= 0.6 is 0 Å². The van der Waals surface area contributed by atoms with Gasteiger partial charge < -0.3 is 20.1 Å². The Morgan fingerprint density at radius 3 is 2.26 bits per heavy atom. The molecule has 10 heteroatoms. The van der Waals surface area contributed by atoms with Crippen LogP contribution in [-0.2, 0) is 9.59 Å². The molecule has 0 aliphatic rings. The second kappa shape index (κ2) is 11.0. The zero-order valence-electron chi connectivity index (χ0n) is 14.7. The minimum Gasteiger partial charge on any atom is -0.435 e. The van der Waals surface area contributed by atoms with E-state index in [2.05, 4.69) is 20.1 Å². The molecule has 0 aliphatic carbocycles. The molecule has 0 aliphatic heterocycles. The van der Waals surface area contributed by atoms with E-state index in [-0.39, 0.29) is 36.2 Å². The van der Waals surface area contributed by atoms with E-state index >= 15 is 0 Å². The zero-order valence-corrected chi connectivity index (χ0v) is 14.7. The lowest BCUT2D eigenvalue weighted by Crippen LogP contribution is -2.35. The van der Waals surface area contributed by atoms with Crippen LogP contribution in [0.25, 0.3) is 6.08 Å². The summed E-state index contributed by atoms with van der Waals surface area (Å²) >= 11 is 0. The van der Waals surface area contributed by atoms with Crippen LogP contribution < -0.4 is 20.1 Å². The van der Waals surface area contributed by atoms with E-state index in [0.717, 1.165) is 18.2 Å². The van der Waals surface area contributed by atoms with Gasteiger partial charge in [0, 0.05) is 36.7 Å². The van der Waals surface area contributed by atoms with E-state index < -0.39 is 24.9 Å². The number of hydrogen-bond acceptors (Lipinski definition) is 4. The molecule has 2 amide bonds. The zero-order chi connectivity index (χ0) is 20.4. The third-order valence-electron chi connectivity index (χ3n) is 3.09. The summed E-state index contributed by atoms with van der Waals surface area (Å²) in [5.74, 6) is -1.64. The van der Waals surface area contributed by atoms with Crippen molar-refractivity contribution >= 4 is 17.9 Å². The van der Waals surface area contributed by atoms with Crippen molar-refractivity contribution in [1.82, 2.24) is 10.6 Å². The monoisotopic (exact) mass is 392 g/mol. The van der Waals surface area contributed by atoms with E-state index in [4.69, 9.17) is 0 Å². The van der Waals surface area contributed by atoms with Crippen LogP contribution in [0, 0.1) is 5.92 Å². The Bertz CT molecular complexity index is 666. The van der Waals surface area contributed by atoms with Gasteiger partial charge in [-0.25, -0.2) is 0 Å². The number of benzene rings is 1. The molecule has 0 radical (unpaired) electrons. The van der Waals surface area contributed by atoms with Crippen LogP contribution in [0.1, 0.15) is 19.4 Å². The standard InChI is InChI=1S/C17H20F4N2O4/c1-10(2)15(25)23-8-7-22-14(24)6-4-11-3-5-12(26-16(18)19)9-13(11)27-17(20)21/h3-6,9-10,16-17H,7-8H2,1-2H3,(H,22,24)(H,23,25)/b6-4+. The molecule has 6 nitrogen and oxygen atoms in total. The first kappa shape index (κ1) is 22.3. The van der Waals surface area contributed by atoms with E-state index in [1.165, 1.54) is 12.1 Å². The molecule has 0 saturated carbocycles. The molecule has 1 aromatic carbocycles. The first-order chi connectivity index (χ1) is 12.7. The van der Waals surface area contributed by atoms with Crippen molar-refractivity contribution in [2.24, 2.45) is 5.92 Å². The Kier molecular flexibility index (Phi) is 9.11. The van der Waals surface area contributed by atoms with Crippen molar-refractivity contribution < 1.29 is 36.6 Å². The number of carbonyl (C=O) groups is 2. The highest BCUT2D eigenvalue weighted by Crippen LogP contribution is 2.28. The highest BCUT2D eigenvalue weighted by Gasteiger charge is 2.12. The number of halogens is 4. The van der Waals surface area contributed by atoms with Crippen LogP contribution in [0.3, 0.4) is 0 Å². The van der Waals surface area contributed by atoms with Crippen LogP contribution in [0.4, 0.5) is 17.6 Å². The van der Waals surface area contributed by atoms with Crippen LogP contribution in [0.15, 0.2) is 24.3 Å². The van der Waals surface area contributed by atoms with Gasteiger partial charge in [-0.15, -0.1) is 0 Å². The number of alkyl halides is 4. The fourth-order valence-electron chi connectivity index (χ4n) is 1.83. The number of nitrogens with one attached hydrogen (secondary N) is 2. The summed E-state index contributed by atoms with van der Waals surface area (Å²) in [5, 5.41) is 5.10. The number of ether oxygens (including phenoxy) is 2. The molecule has 0 heterocycles. The lowest BCUT2D eigenvalue weighted by molar-refractivity contribution is -0.124. The summed E-state index contributed by atoms with van der Waals surface area (Å²) in [6.07, 6.45) is 2.25. The van der Waals surface area contributed by atoms with E-state index in [0.29, 0.717) is 0 Å². The molecule has 27 heavy (non-hydrogen) atoms. The molecule has 1 rings (SSSR count). The molecule has 0 aromatic heterocycles. The van der Waals surface area contributed by atoms with Gasteiger partial charge in [-0.05, 0) is 18.2 Å². The summed E-state index contributed by atoms with van der Waals surface area (Å²) in [7, 11) is 0. The quantitative estimate of drug-likeness (QED) is 0.365. The Morgan fingerprint density at radius 2 is 1.67 bits per heavy atom.